The predicted octanol–water partition coefficient (Wildman–Crippen LogP) is 0.575. The maximum atomic E-state index is 12.4. The van der Waals surface area contributed by atoms with E-state index in [1.807, 2.05) is 0 Å². The third kappa shape index (κ3) is 5.67. The fourth-order valence-electron chi connectivity index (χ4n) is 2.08. The van der Waals surface area contributed by atoms with Crippen LogP contribution in [0.1, 0.15) is 19.4 Å². The molecule has 2 amide bonds. The first-order valence-corrected chi connectivity index (χ1v) is 7.22. The van der Waals surface area contributed by atoms with Crippen LogP contribution in [-0.2, 0) is 20.8 Å². The molecule has 2 N–H and O–H groups in total. The SMILES string of the molecule is CC(=O)NCCN(C(=O)Cc1cccc([N+](=O)[O-])c1)C(C)C(=O)O. The number of carboxylic acids is 1. The van der Waals surface area contributed by atoms with Gasteiger partial charge >= 0.3 is 5.97 Å². The quantitative estimate of drug-likeness (QED) is 0.527. The van der Waals surface area contributed by atoms with Crippen molar-refractivity contribution in [1.29, 1.82) is 0 Å². The number of nitro benzene ring substituents is 1. The number of hydrogen-bond acceptors (Lipinski definition) is 5. The van der Waals surface area contributed by atoms with E-state index in [9.17, 15) is 24.5 Å². The minimum Gasteiger partial charge on any atom is -0.480 e. The molecule has 0 aliphatic heterocycles. The third-order valence-corrected chi connectivity index (χ3v) is 3.35. The minimum absolute atomic E-state index is 0.0286. The maximum absolute atomic E-state index is 12.4. The van der Waals surface area contributed by atoms with Gasteiger partial charge in [-0.2, -0.15) is 0 Å². The van der Waals surface area contributed by atoms with Crippen molar-refractivity contribution in [3.63, 3.8) is 0 Å². The van der Waals surface area contributed by atoms with Crippen molar-refractivity contribution in [3.8, 4) is 0 Å². The molecule has 1 rings (SSSR count). The van der Waals surface area contributed by atoms with Crippen molar-refractivity contribution in [2.75, 3.05) is 13.1 Å². The summed E-state index contributed by atoms with van der Waals surface area (Å²) in [6.45, 7) is 2.83. The molecule has 0 spiro atoms. The summed E-state index contributed by atoms with van der Waals surface area (Å²) in [6, 6.07) is 4.52. The molecule has 0 bridgehead atoms. The number of carboxylic acid groups (broad SMARTS) is 1. The molecule has 0 fully saturated rings. The molecule has 9 nitrogen and oxygen atoms in total. The Bertz CT molecular complexity index is 646. The summed E-state index contributed by atoms with van der Waals surface area (Å²) in [5.41, 5.74) is 0.271. The second kappa shape index (κ2) is 8.61. The van der Waals surface area contributed by atoms with Gasteiger partial charge in [0.05, 0.1) is 11.3 Å². The molecule has 0 aliphatic rings. The Hall–Kier alpha value is -2.97. The minimum atomic E-state index is -1.18. The van der Waals surface area contributed by atoms with Gasteiger partial charge in [0.25, 0.3) is 5.69 Å². The second-order valence-corrected chi connectivity index (χ2v) is 5.19. The van der Waals surface area contributed by atoms with Crippen molar-refractivity contribution in [2.45, 2.75) is 26.3 Å². The van der Waals surface area contributed by atoms with Crippen molar-refractivity contribution < 1.29 is 24.4 Å². The van der Waals surface area contributed by atoms with Crippen LogP contribution in [0.15, 0.2) is 24.3 Å². The van der Waals surface area contributed by atoms with E-state index in [2.05, 4.69) is 5.32 Å². The molecule has 0 heterocycles. The first-order chi connectivity index (χ1) is 11.2. The molecular weight excluding hydrogens is 318 g/mol. The Morgan fingerprint density at radius 2 is 2.04 bits per heavy atom. The fraction of sp³-hybridized carbons (Fsp3) is 0.400. The number of nitrogens with zero attached hydrogens (tertiary/aromatic N) is 2. The van der Waals surface area contributed by atoms with E-state index in [1.54, 1.807) is 6.07 Å². The highest BCUT2D eigenvalue weighted by Crippen LogP contribution is 2.15. The van der Waals surface area contributed by atoms with Crippen LogP contribution < -0.4 is 5.32 Å². The van der Waals surface area contributed by atoms with E-state index in [0.29, 0.717) is 5.56 Å². The molecule has 0 saturated heterocycles. The summed E-state index contributed by atoms with van der Waals surface area (Å²) in [7, 11) is 0. The number of aliphatic carboxylic acids is 1. The van der Waals surface area contributed by atoms with Crippen molar-refractivity contribution in [3.05, 3.63) is 39.9 Å². The molecule has 0 radical (unpaired) electrons. The molecule has 0 aliphatic carbocycles. The maximum Gasteiger partial charge on any atom is 0.326 e. The molecule has 130 valence electrons. The van der Waals surface area contributed by atoms with Gasteiger partial charge in [-0.1, -0.05) is 12.1 Å². The normalized spacial score (nSPS) is 11.4. The van der Waals surface area contributed by atoms with E-state index < -0.39 is 22.8 Å². The Balaban J connectivity index is 2.86. The summed E-state index contributed by atoms with van der Waals surface area (Å²) in [6.07, 6.45) is -0.167. The molecule has 1 aromatic carbocycles. The number of nitro groups is 1. The van der Waals surface area contributed by atoms with E-state index in [0.717, 1.165) is 4.90 Å². The topological polar surface area (TPSA) is 130 Å². The van der Waals surface area contributed by atoms with Crippen LogP contribution in [0.25, 0.3) is 0 Å². The third-order valence-electron chi connectivity index (χ3n) is 3.35. The molecule has 1 atom stereocenters. The Labute approximate surface area is 138 Å². The predicted molar refractivity (Wildman–Crippen MR) is 84.3 cm³/mol. The molecule has 0 aromatic heterocycles. The van der Waals surface area contributed by atoms with Crippen molar-refractivity contribution in [1.82, 2.24) is 10.2 Å². The van der Waals surface area contributed by atoms with Crippen LogP contribution in [0.3, 0.4) is 0 Å². The van der Waals surface area contributed by atoms with Gasteiger partial charge in [0.2, 0.25) is 11.8 Å². The van der Waals surface area contributed by atoms with Gasteiger partial charge in [0.15, 0.2) is 0 Å². The van der Waals surface area contributed by atoms with Crippen LogP contribution in [0.5, 0.6) is 0 Å². The summed E-state index contributed by atoms with van der Waals surface area (Å²) in [5, 5.41) is 22.4. The zero-order valence-corrected chi connectivity index (χ0v) is 13.4. The van der Waals surface area contributed by atoms with Crippen molar-refractivity contribution in [2.24, 2.45) is 0 Å². The number of hydrogen-bond donors (Lipinski definition) is 2. The average Bonchev–Trinajstić information content (AvgIpc) is 2.50. The van der Waals surface area contributed by atoms with Gasteiger partial charge in [-0.25, -0.2) is 4.79 Å². The van der Waals surface area contributed by atoms with E-state index in [4.69, 9.17) is 5.11 Å². The van der Waals surface area contributed by atoms with Gasteiger partial charge < -0.3 is 15.3 Å². The number of benzene rings is 1. The fourth-order valence-corrected chi connectivity index (χ4v) is 2.08. The summed E-state index contributed by atoms with van der Waals surface area (Å²) < 4.78 is 0. The van der Waals surface area contributed by atoms with Crippen LogP contribution in [0, 0.1) is 10.1 Å². The highest BCUT2D eigenvalue weighted by Gasteiger charge is 2.25. The zero-order chi connectivity index (χ0) is 18.3. The van der Waals surface area contributed by atoms with Gasteiger partial charge in [-0.05, 0) is 12.5 Å². The Morgan fingerprint density at radius 1 is 1.38 bits per heavy atom. The van der Waals surface area contributed by atoms with Crippen LogP contribution in [0.4, 0.5) is 5.69 Å². The van der Waals surface area contributed by atoms with E-state index >= 15 is 0 Å². The number of carbonyl (C=O) groups excluding carboxylic acids is 2. The highest BCUT2D eigenvalue weighted by atomic mass is 16.6. The Morgan fingerprint density at radius 3 is 2.58 bits per heavy atom. The standard InChI is InChI=1S/C15H19N3O6/c1-10(15(21)22)17(7-6-16-11(2)19)14(20)9-12-4-3-5-13(8-12)18(23)24/h3-5,8,10H,6-7,9H2,1-2H3,(H,16,19)(H,21,22). The average molecular weight is 337 g/mol. The lowest BCUT2D eigenvalue weighted by molar-refractivity contribution is -0.384. The lowest BCUT2D eigenvalue weighted by Crippen LogP contribution is -2.47. The van der Waals surface area contributed by atoms with Gasteiger partial charge in [0, 0.05) is 32.1 Å². The lowest BCUT2D eigenvalue weighted by atomic mass is 10.1. The molecule has 1 unspecified atom stereocenters. The number of carbonyl (C=O) groups is 3. The molecule has 24 heavy (non-hydrogen) atoms. The first kappa shape index (κ1) is 19.1. The molecule has 9 heteroatoms. The van der Waals surface area contributed by atoms with Gasteiger partial charge in [-0.3, -0.25) is 19.7 Å². The smallest absolute Gasteiger partial charge is 0.326 e. The summed E-state index contributed by atoms with van der Waals surface area (Å²) >= 11 is 0. The van der Waals surface area contributed by atoms with E-state index in [1.165, 1.54) is 32.0 Å². The Kier molecular flexibility index (Phi) is 6.84. The number of amides is 2. The summed E-state index contributed by atoms with van der Waals surface area (Å²) in [4.78, 5) is 45.8. The van der Waals surface area contributed by atoms with Gasteiger partial charge in [0.1, 0.15) is 6.04 Å². The van der Waals surface area contributed by atoms with Crippen LogP contribution in [0.2, 0.25) is 0 Å². The molecular formula is C15H19N3O6. The largest absolute Gasteiger partial charge is 0.480 e. The van der Waals surface area contributed by atoms with Gasteiger partial charge in [-0.15, -0.1) is 0 Å². The van der Waals surface area contributed by atoms with E-state index in [-0.39, 0.29) is 31.1 Å². The molecule has 1 aromatic rings. The number of rotatable bonds is 8. The highest BCUT2D eigenvalue weighted by molar-refractivity contribution is 5.85. The second-order valence-electron chi connectivity index (χ2n) is 5.19. The molecule has 0 saturated carbocycles. The first-order valence-electron chi connectivity index (χ1n) is 7.22. The number of nitrogens with one attached hydrogen (secondary N) is 1. The van der Waals surface area contributed by atoms with Crippen molar-refractivity contribution >= 4 is 23.5 Å². The van der Waals surface area contributed by atoms with Crippen LogP contribution >= 0.6 is 0 Å². The monoisotopic (exact) mass is 337 g/mol. The summed E-state index contributed by atoms with van der Waals surface area (Å²) in [5.74, 6) is -1.95. The van der Waals surface area contributed by atoms with Crippen LogP contribution in [-0.4, -0.2) is 51.8 Å². The zero-order valence-electron chi connectivity index (χ0n) is 13.4. The lowest BCUT2D eigenvalue weighted by Gasteiger charge is -2.26. The number of non-ortho nitro benzene ring substituents is 1.